The van der Waals surface area contributed by atoms with Crippen molar-refractivity contribution in [2.45, 2.75) is 20.3 Å². The van der Waals surface area contributed by atoms with E-state index >= 15 is 0 Å². The smallest absolute Gasteiger partial charge is 0.357 e. The van der Waals surface area contributed by atoms with Gasteiger partial charge < -0.3 is 9.47 Å². The molecule has 0 fully saturated rings. The normalized spacial score (nSPS) is 10.4. The van der Waals surface area contributed by atoms with Crippen LogP contribution >= 0.6 is 22.7 Å². The average molecular weight is 326 g/mol. The van der Waals surface area contributed by atoms with Crippen LogP contribution in [0.15, 0.2) is 10.8 Å². The highest BCUT2D eigenvalue weighted by Crippen LogP contribution is 2.19. The van der Waals surface area contributed by atoms with Crippen molar-refractivity contribution in [2.24, 2.45) is 0 Å². The zero-order valence-electron chi connectivity index (χ0n) is 11.6. The Bertz CT molecular complexity index is 581. The Balaban J connectivity index is 2.02. The van der Waals surface area contributed by atoms with Crippen molar-refractivity contribution in [2.75, 3.05) is 13.2 Å². The molecule has 0 saturated heterocycles. The van der Waals surface area contributed by atoms with E-state index in [1.807, 2.05) is 0 Å². The Hall–Kier alpha value is -1.80. The predicted molar refractivity (Wildman–Crippen MR) is 78.9 cm³/mol. The van der Waals surface area contributed by atoms with Gasteiger partial charge in [-0.05, 0) is 13.8 Å². The second-order valence-corrected chi connectivity index (χ2v) is 5.76. The standard InChI is InChI=1S/C13H14N2O4S2/c1-3-18-12(16)8-6-20-10(14-8)5-11-15-9(7-21-11)13(17)19-4-2/h6-7H,3-5H2,1-2H3. The Labute approximate surface area is 129 Å². The minimum Gasteiger partial charge on any atom is -0.461 e. The fraction of sp³-hybridized carbons (Fsp3) is 0.385. The summed E-state index contributed by atoms with van der Waals surface area (Å²) in [5.74, 6) is -0.849. The highest BCUT2D eigenvalue weighted by atomic mass is 32.1. The van der Waals surface area contributed by atoms with E-state index in [1.165, 1.54) is 22.7 Å². The lowest BCUT2D eigenvalue weighted by Crippen LogP contribution is -2.05. The molecule has 0 unspecified atom stereocenters. The topological polar surface area (TPSA) is 78.4 Å². The molecule has 0 aliphatic rings. The minimum absolute atomic E-state index is 0.305. The van der Waals surface area contributed by atoms with Crippen molar-refractivity contribution in [1.29, 1.82) is 0 Å². The highest BCUT2D eigenvalue weighted by Gasteiger charge is 2.15. The second-order valence-electron chi connectivity index (χ2n) is 3.87. The van der Waals surface area contributed by atoms with Gasteiger partial charge in [0.15, 0.2) is 11.4 Å². The van der Waals surface area contributed by atoms with Crippen molar-refractivity contribution in [1.82, 2.24) is 9.97 Å². The highest BCUT2D eigenvalue weighted by molar-refractivity contribution is 7.11. The van der Waals surface area contributed by atoms with Gasteiger partial charge in [-0.25, -0.2) is 19.6 Å². The van der Waals surface area contributed by atoms with Crippen molar-refractivity contribution >= 4 is 34.6 Å². The fourth-order valence-electron chi connectivity index (χ4n) is 1.51. The molecule has 2 heterocycles. The molecule has 0 radical (unpaired) electrons. The van der Waals surface area contributed by atoms with Gasteiger partial charge in [-0.2, -0.15) is 0 Å². The third kappa shape index (κ3) is 4.08. The van der Waals surface area contributed by atoms with Crippen LogP contribution in [0.4, 0.5) is 0 Å². The van der Waals surface area contributed by atoms with Gasteiger partial charge in [-0.3, -0.25) is 0 Å². The summed E-state index contributed by atoms with van der Waals surface area (Å²) >= 11 is 2.73. The first-order chi connectivity index (χ1) is 10.1. The lowest BCUT2D eigenvalue weighted by Gasteiger charge is -1.96. The van der Waals surface area contributed by atoms with Crippen LogP contribution in [0, 0.1) is 0 Å². The molecule has 0 amide bonds. The molecule has 0 aliphatic heterocycles. The molecular formula is C13H14N2O4S2. The van der Waals surface area contributed by atoms with Gasteiger partial charge in [-0.15, -0.1) is 22.7 Å². The summed E-state index contributed by atoms with van der Waals surface area (Å²) in [6.07, 6.45) is 0.480. The third-order valence-electron chi connectivity index (χ3n) is 2.38. The predicted octanol–water partition coefficient (Wildman–Crippen LogP) is 2.54. The molecule has 112 valence electrons. The van der Waals surface area contributed by atoms with E-state index in [0.717, 1.165) is 10.0 Å². The zero-order chi connectivity index (χ0) is 15.2. The Morgan fingerprint density at radius 1 is 0.952 bits per heavy atom. The molecule has 0 N–H and O–H groups in total. The summed E-state index contributed by atoms with van der Waals surface area (Å²) in [6.45, 7) is 4.14. The number of esters is 2. The van der Waals surface area contributed by atoms with Crippen LogP contribution in [0.2, 0.25) is 0 Å². The molecule has 2 aromatic rings. The molecule has 0 spiro atoms. The van der Waals surface area contributed by atoms with Gasteiger partial charge in [0.2, 0.25) is 0 Å². The lowest BCUT2D eigenvalue weighted by molar-refractivity contribution is 0.0511. The quantitative estimate of drug-likeness (QED) is 0.759. The van der Waals surface area contributed by atoms with Crippen molar-refractivity contribution in [3.05, 3.63) is 32.2 Å². The minimum atomic E-state index is -0.425. The van der Waals surface area contributed by atoms with Crippen LogP contribution in [0.25, 0.3) is 0 Å². The first-order valence-electron chi connectivity index (χ1n) is 6.37. The number of hydrogen-bond donors (Lipinski definition) is 0. The average Bonchev–Trinajstić information content (AvgIpc) is 3.09. The summed E-state index contributed by atoms with van der Waals surface area (Å²) in [7, 11) is 0. The number of ether oxygens (including phenoxy) is 2. The molecular weight excluding hydrogens is 312 g/mol. The molecule has 8 heteroatoms. The van der Waals surface area contributed by atoms with Gasteiger partial charge >= 0.3 is 11.9 Å². The van der Waals surface area contributed by atoms with Gasteiger partial charge in [-0.1, -0.05) is 0 Å². The van der Waals surface area contributed by atoms with Crippen LogP contribution < -0.4 is 0 Å². The summed E-state index contributed by atoms with van der Waals surface area (Å²) in [4.78, 5) is 31.5. The van der Waals surface area contributed by atoms with E-state index in [0.29, 0.717) is 31.0 Å². The van der Waals surface area contributed by atoms with Crippen molar-refractivity contribution < 1.29 is 19.1 Å². The van der Waals surface area contributed by atoms with Crippen LogP contribution in [-0.4, -0.2) is 35.1 Å². The Morgan fingerprint density at radius 3 is 1.76 bits per heavy atom. The third-order valence-corrected chi connectivity index (χ3v) is 4.07. The van der Waals surface area contributed by atoms with Crippen LogP contribution in [0.1, 0.15) is 44.8 Å². The zero-order valence-corrected chi connectivity index (χ0v) is 13.3. The van der Waals surface area contributed by atoms with Crippen LogP contribution in [-0.2, 0) is 15.9 Å². The van der Waals surface area contributed by atoms with Crippen LogP contribution in [0.5, 0.6) is 0 Å². The lowest BCUT2D eigenvalue weighted by atomic mass is 10.4. The van der Waals surface area contributed by atoms with E-state index in [9.17, 15) is 9.59 Å². The van der Waals surface area contributed by atoms with Gasteiger partial charge in [0.05, 0.1) is 19.6 Å². The van der Waals surface area contributed by atoms with E-state index in [1.54, 1.807) is 24.6 Å². The maximum Gasteiger partial charge on any atom is 0.357 e. The van der Waals surface area contributed by atoms with Gasteiger partial charge in [0, 0.05) is 10.8 Å². The number of hydrogen-bond acceptors (Lipinski definition) is 8. The number of nitrogens with zero attached hydrogens (tertiary/aromatic N) is 2. The number of carbonyl (C=O) groups excluding carboxylic acids is 2. The maximum absolute atomic E-state index is 11.5. The van der Waals surface area contributed by atoms with Crippen LogP contribution in [0.3, 0.4) is 0 Å². The first-order valence-corrected chi connectivity index (χ1v) is 8.13. The number of aromatic nitrogens is 2. The summed E-state index contributed by atoms with van der Waals surface area (Å²) in [5, 5.41) is 4.83. The van der Waals surface area contributed by atoms with Gasteiger partial charge in [0.25, 0.3) is 0 Å². The van der Waals surface area contributed by atoms with Gasteiger partial charge in [0.1, 0.15) is 10.0 Å². The summed E-state index contributed by atoms with van der Waals surface area (Å²) < 4.78 is 9.77. The molecule has 2 rings (SSSR count). The SMILES string of the molecule is CCOC(=O)c1csc(Cc2nc(C(=O)OCC)cs2)n1. The molecule has 2 aromatic heterocycles. The molecule has 6 nitrogen and oxygen atoms in total. The van der Waals surface area contributed by atoms with E-state index in [4.69, 9.17) is 9.47 Å². The molecule has 0 aliphatic carbocycles. The fourth-order valence-corrected chi connectivity index (χ4v) is 3.14. The first kappa shape index (κ1) is 15.6. The number of carbonyl (C=O) groups is 2. The van der Waals surface area contributed by atoms with Crippen molar-refractivity contribution in [3.63, 3.8) is 0 Å². The van der Waals surface area contributed by atoms with Crippen molar-refractivity contribution in [3.8, 4) is 0 Å². The molecule has 0 bridgehead atoms. The monoisotopic (exact) mass is 326 g/mol. The largest absolute Gasteiger partial charge is 0.461 e. The maximum atomic E-state index is 11.5. The molecule has 0 atom stereocenters. The molecule has 21 heavy (non-hydrogen) atoms. The number of thiazole rings is 2. The summed E-state index contributed by atoms with van der Waals surface area (Å²) in [6, 6.07) is 0. The van der Waals surface area contributed by atoms with E-state index in [2.05, 4.69) is 9.97 Å². The Morgan fingerprint density at radius 2 is 1.38 bits per heavy atom. The van der Waals surface area contributed by atoms with E-state index in [-0.39, 0.29) is 0 Å². The Kier molecular flexibility index (Phi) is 5.40. The number of rotatable bonds is 6. The molecule has 0 saturated carbocycles. The molecule has 0 aromatic carbocycles. The summed E-state index contributed by atoms with van der Waals surface area (Å²) in [5.41, 5.74) is 0.609. The second kappa shape index (κ2) is 7.28. The van der Waals surface area contributed by atoms with E-state index < -0.39 is 11.9 Å².